The van der Waals surface area contributed by atoms with Crippen LogP contribution in [0.15, 0.2) is 24.3 Å². The van der Waals surface area contributed by atoms with Gasteiger partial charge in [0, 0.05) is 0 Å². The number of carboxylic acid groups (broad SMARTS) is 2. The molecule has 3 rings (SSSR count). The molecule has 0 amide bonds. The summed E-state index contributed by atoms with van der Waals surface area (Å²) < 4.78 is 10.8. The second kappa shape index (κ2) is 9.73. The molecule has 30 heavy (non-hydrogen) atoms. The molecule has 162 valence electrons. The lowest BCUT2D eigenvalue weighted by atomic mass is 9.82. The molecule has 8 nitrogen and oxygen atoms in total. The third kappa shape index (κ3) is 5.58. The maximum absolute atomic E-state index is 12.3. The summed E-state index contributed by atoms with van der Waals surface area (Å²) in [6.07, 6.45) is 3.87. The van der Waals surface area contributed by atoms with E-state index in [1.165, 1.54) is 0 Å². The minimum Gasteiger partial charge on any atom is -0.481 e. The van der Waals surface area contributed by atoms with Crippen molar-refractivity contribution in [3.63, 3.8) is 0 Å². The number of carbonyl (C=O) groups is 4. The van der Waals surface area contributed by atoms with Crippen LogP contribution in [0.4, 0.5) is 0 Å². The van der Waals surface area contributed by atoms with Crippen molar-refractivity contribution in [2.75, 3.05) is 0 Å². The average molecular weight is 418 g/mol. The molecule has 2 aliphatic rings. The van der Waals surface area contributed by atoms with Crippen molar-refractivity contribution in [1.82, 2.24) is 0 Å². The highest BCUT2D eigenvalue weighted by molar-refractivity contribution is 5.77. The van der Waals surface area contributed by atoms with E-state index >= 15 is 0 Å². The zero-order valence-corrected chi connectivity index (χ0v) is 16.6. The summed E-state index contributed by atoms with van der Waals surface area (Å²) in [5.41, 5.74) is 0. The van der Waals surface area contributed by atoms with Crippen molar-refractivity contribution in [1.29, 1.82) is 0 Å². The summed E-state index contributed by atoms with van der Waals surface area (Å²) in [6.45, 7) is 0. The van der Waals surface area contributed by atoms with E-state index in [2.05, 4.69) is 0 Å². The molecule has 0 atom stereocenters. The zero-order chi connectivity index (χ0) is 21.7. The first-order valence-corrected chi connectivity index (χ1v) is 10.3. The summed E-state index contributed by atoms with van der Waals surface area (Å²) in [7, 11) is 0. The molecule has 0 spiro atoms. The molecule has 0 radical (unpaired) electrons. The number of hydrogen-bond acceptors (Lipinski definition) is 6. The number of carbonyl (C=O) groups excluding carboxylic acids is 2. The normalized spacial score (nSPS) is 26.4. The van der Waals surface area contributed by atoms with E-state index in [1.54, 1.807) is 24.3 Å². The lowest BCUT2D eigenvalue weighted by Gasteiger charge is -2.24. The maximum atomic E-state index is 12.3. The van der Waals surface area contributed by atoms with E-state index in [-0.39, 0.29) is 35.6 Å². The van der Waals surface area contributed by atoms with Crippen LogP contribution in [0.5, 0.6) is 11.5 Å². The van der Waals surface area contributed by atoms with Gasteiger partial charge in [0.25, 0.3) is 0 Å². The first-order chi connectivity index (χ1) is 14.3. The number of carboxylic acids is 2. The van der Waals surface area contributed by atoms with Crippen LogP contribution < -0.4 is 9.47 Å². The monoisotopic (exact) mass is 418 g/mol. The van der Waals surface area contributed by atoms with Crippen LogP contribution in [0, 0.1) is 23.7 Å². The van der Waals surface area contributed by atoms with Gasteiger partial charge in [-0.3, -0.25) is 19.2 Å². The smallest absolute Gasteiger partial charge is 0.314 e. The van der Waals surface area contributed by atoms with Gasteiger partial charge in [-0.15, -0.1) is 0 Å². The van der Waals surface area contributed by atoms with Crippen LogP contribution in [-0.4, -0.2) is 34.1 Å². The van der Waals surface area contributed by atoms with E-state index in [4.69, 9.17) is 19.7 Å². The molecule has 2 N–H and O–H groups in total. The Hall–Kier alpha value is -2.90. The maximum Gasteiger partial charge on any atom is 0.314 e. The highest BCUT2D eigenvalue weighted by Gasteiger charge is 2.32. The molecule has 1 aromatic rings. The Morgan fingerprint density at radius 2 is 0.833 bits per heavy atom. The summed E-state index contributed by atoms with van der Waals surface area (Å²) in [6, 6.07) is 6.19. The van der Waals surface area contributed by atoms with E-state index in [0.29, 0.717) is 62.9 Å². The number of aliphatic carboxylic acids is 2. The highest BCUT2D eigenvalue weighted by atomic mass is 16.5. The van der Waals surface area contributed by atoms with Crippen LogP contribution in [0.3, 0.4) is 0 Å². The third-order valence-electron chi connectivity index (χ3n) is 6.08. The third-order valence-corrected chi connectivity index (χ3v) is 6.08. The largest absolute Gasteiger partial charge is 0.481 e. The SMILES string of the molecule is O=C(O)C1CCC(C(=O)Oc2ccc(OC(=O)C3CCC(C(=O)O)CC3)cc2)CC1. The number of rotatable bonds is 6. The van der Waals surface area contributed by atoms with Gasteiger partial charge in [0.05, 0.1) is 23.7 Å². The topological polar surface area (TPSA) is 127 Å². The first kappa shape index (κ1) is 21.8. The minimum atomic E-state index is -0.818. The van der Waals surface area contributed by atoms with Crippen LogP contribution in [0.2, 0.25) is 0 Å². The fourth-order valence-corrected chi connectivity index (χ4v) is 4.13. The Morgan fingerprint density at radius 3 is 1.10 bits per heavy atom. The average Bonchev–Trinajstić information content (AvgIpc) is 2.75. The Morgan fingerprint density at radius 1 is 0.567 bits per heavy atom. The predicted octanol–water partition coefficient (Wildman–Crippen LogP) is 3.28. The second-order valence-corrected chi connectivity index (χ2v) is 8.09. The van der Waals surface area contributed by atoms with Gasteiger partial charge in [0.1, 0.15) is 11.5 Å². The van der Waals surface area contributed by atoms with Gasteiger partial charge in [-0.1, -0.05) is 0 Å². The van der Waals surface area contributed by atoms with Gasteiger partial charge in [-0.25, -0.2) is 0 Å². The van der Waals surface area contributed by atoms with Crippen LogP contribution in [0.25, 0.3) is 0 Å². The fourth-order valence-electron chi connectivity index (χ4n) is 4.13. The molecule has 1 aromatic carbocycles. The molecule has 2 aliphatic carbocycles. The van der Waals surface area contributed by atoms with E-state index in [9.17, 15) is 19.2 Å². The molecule has 2 fully saturated rings. The second-order valence-electron chi connectivity index (χ2n) is 8.09. The highest BCUT2D eigenvalue weighted by Crippen LogP contribution is 2.32. The molecule has 8 heteroatoms. The Kier molecular flexibility index (Phi) is 7.07. The summed E-state index contributed by atoms with van der Waals surface area (Å²) in [5, 5.41) is 18.1. The molecule has 0 unspecified atom stereocenters. The fraction of sp³-hybridized carbons (Fsp3) is 0.545. The molecule has 2 saturated carbocycles. The van der Waals surface area contributed by atoms with Crippen molar-refractivity contribution in [3.05, 3.63) is 24.3 Å². The van der Waals surface area contributed by atoms with E-state index in [0.717, 1.165) is 0 Å². The van der Waals surface area contributed by atoms with Gasteiger partial charge in [-0.05, 0) is 75.6 Å². The zero-order valence-electron chi connectivity index (χ0n) is 16.6. The Labute approximate surface area is 174 Å². The van der Waals surface area contributed by atoms with Crippen molar-refractivity contribution < 1.29 is 38.9 Å². The molecule has 0 bridgehead atoms. The minimum absolute atomic E-state index is 0.306. The molecule has 0 aromatic heterocycles. The molecule has 0 heterocycles. The molecule has 0 aliphatic heterocycles. The lowest BCUT2D eigenvalue weighted by molar-refractivity contribution is -0.147. The van der Waals surface area contributed by atoms with Gasteiger partial charge < -0.3 is 19.7 Å². The number of ether oxygens (including phenoxy) is 2. The molecule has 0 saturated heterocycles. The van der Waals surface area contributed by atoms with Crippen LogP contribution in [0.1, 0.15) is 51.4 Å². The van der Waals surface area contributed by atoms with Gasteiger partial charge in [-0.2, -0.15) is 0 Å². The van der Waals surface area contributed by atoms with Crippen LogP contribution in [-0.2, 0) is 19.2 Å². The first-order valence-electron chi connectivity index (χ1n) is 10.3. The summed E-state index contributed by atoms with van der Waals surface area (Å²) in [4.78, 5) is 46.6. The Balaban J connectivity index is 1.46. The quantitative estimate of drug-likeness (QED) is 0.532. The predicted molar refractivity (Wildman–Crippen MR) is 104 cm³/mol. The van der Waals surface area contributed by atoms with E-state index in [1.807, 2.05) is 0 Å². The van der Waals surface area contributed by atoms with Crippen molar-refractivity contribution >= 4 is 23.9 Å². The van der Waals surface area contributed by atoms with Crippen molar-refractivity contribution in [2.24, 2.45) is 23.7 Å². The summed E-state index contributed by atoms with van der Waals surface area (Å²) in [5.74, 6) is -3.10. The van der Waals surface area contributed by atoms with Gasteiger partial charge in [0.15, 0.2) is 0 Å². The summed E-state index contributed by atoms with van der Waals surface area (Å²) >= 11 is 0. The van der Waals surface area contributed by atoms with E-state index < -0.39 is 11.9 Å². The number of benzene rings is 1. The molecular formula is C22H26O8. The van der Waals surface area contributed by atoms with Gasteiger partial charge >= 0.3 is 23.9 Å². The van der Waals surface area contributed by atoms with Gasteiger partial charge in [0.2, 0.25) is 0 Å². The lowest BCUT2D eigenvalue weighted by Crippen LogP contribution is -2.28. The standard InChI is InChI=1S/C22H26O8/c23-19(24)13-1-5-15(6-2-13)21(27)29-17-9-11-18(12-10-17)30-22(28)16-7-3-14(4-8-16)20(25)26/h9-16H,1-8H2,(H,23,24)(H,25,26). The van der Waals surface area contributed by atoms with Crippen LogP contribution >= 0.6 is 0 Å². The molecular weight excluding hydrogens is 392 g/mol. The number of hydrogen-bond donors (Lipinski definition) is 2. The Bertz CT molecular complexity index is 717. The van der Waals surface area contributed by atoms with Crippen molar-refractivity contribution in [3.8, 4) is 11.5 Å². The number of esters is 2. The van der Waals surface area contributed by atoms with Crippen molar-refractivity contribution in [2.45, 2.75) is 51.4 Å².